The van der Waals surface area contributed by atoms with Gasteiger partial charge in [-0.2, -0.15) is 0 Å². The molecule has 1 aliphatic heterocycles. The zero-order valence-corrected chi connectivity index (χ0v) is 15.2. The van der Waals surface area contributed by atoms with Crippen molar-refractivity contribution in [3.8, 4) is 0 Å². The van der Waals surface area contributed by atoms with E-state index in [0.29, 0.717) is 13.1 Å². The first-order valence-electron chi connectivity index (χ1n) is 8.71. The first kappa shape index (κ1) is 19.0. The van der Waals surface area contributed by atoms with Crippen LogP contribution in [0.25, 0.3) is 6.08 Å². The second kappa shape index (κ2) is 8.65. The van der Waals surface area contributed by atoms with E-state index in [9.17, 15) is 9.59 Å². The van der Waals surface area contributed by atoms with E-state index in [1.54, 1.807) is 24.5 Å². The molecule has 136 valence electrons. The monoisotopic (exact) mass is 345 g/mol. The van der Waals surface area contributed by atoms with E-state index >= 15 is 0 Å². The zero-order chi connectivity index (χ0) is 18.3. The van der Waals surface area contributed by atoms with Crippen molar-refractivity contribution in [3.63, 3.8) is 0 Å². The highest BCUT2D eigenvalue weighted by atomic mass is 16.6. The van der Waals surface area contributed by atoms with E-state index in [2.05, 4.69) is 10.3 Å². The van der Waals surface area contributed by atoms with Crippen molar-refractivity contribution in [2.75, 3.05) is 13.1 Å². The maximum absolute atomic E-state index is 12.5. The van der Waals surface area contributed by atoms with Crippen LogP contribution in [-0.2, 0) is 9.53 Å². The van der Waals surface area contributed by atoms with Crippen LogP contribution >= 0.6 is 0 Å². The molecule has 1 atom stereocenters. The average Bonchev–Trinajstić information content (AvgIpc) is 2.57. The van der Waals surface area contributed by atoms with Crippen LogP contribution in [0.1, 0.15) is 45.6 Å². The molecule has 2 heterocycles. The Morgan fingerprint density at radius 2 is 2.20 bits per heavy atom. The Morgan fingerprint density at radius 1 is 1.40 bits per heavy atom. The van der Waals surface area contributed by atoms with Crippen LogP contribution in [0.5, 0.6) is 0 Å². The van der Waals surface area contributed by atoms with E-state index in [-0.39, 0.29) is 11.9 Å². The second-order valence-corrected chi connectivity index (χ2v) is 7.18. The highest BCUT2D eigenvalue weighted by molar-refractivity contribution is 5.92. The first-order valence-corrected chi connectivity index (χ1v) is 8.71. The molecule has 1 N–H and O–H groups in total. The number of carbonyl (C=O) groups is 2. The van der Waals surface area contributed by atoms with E-state index in [0.717, 1.165) is 24.8 Å². The standard InChI is InChI=1S/C19H27N3O3/c1-19(2,3)25-18(24)21-14-16-8-4-5-12-22(16)17(23)10-9-15-7-6-11-20-13-15/h6-7,9-11,13,16H,4-5,8,12,14H2,1-3H3,(H,21,24)/b10-9+/t16-/m1/s1. The number of alkyl carbamates (subject to hydrolysis) is 1. The van der Waals surface area contributed by atoms with Crippen LogP contribution in [0.3, 0.4) is 0 Å². The average molecular weight is 345 g/mol. The van der Waals surface area contributed by atoms with Crippen LogP contribution in [-0.4, -0.2) is 46.6 Å². The number of amides is 2. The number of carbonyl (C=O) groups excluding carboxylic acids is 2. The zero-order valence-electron chi connectivity index (χ0n) is 15.2. The van der Waals surface area contributed by atoms with Crippen molar-refractivity contribution in [1.82, 2.24) is 15.2 Å². The van der Waals surface area contributed by atoms with Crippen LogP contribution in [0.15, 0.2) is 30.6 Å². The Bertz CT molecular complexity index is 608. The SMILES string of the molecule is CC(C)(C)OC(=O)NC[C@H]1CCCCN1C(=O)/C=C/c1cccnc1. The van der Waals surface area contributed by atoms with Gasteiger partial charge in [-0.25, -0.2) is 4.79 Å². The summed E-state index contributed by atoms with van der Waals surface area (Å²) in [5.74, 6) is -0.0421. The number of nitrogens with one attached hydrogen (secondary N) is 1. The van der Waals surface area contributed by atoms with Gasteiger partial charge in [0.15, 0.2) is 0 Å². The summed E-state index contributed by atoms with van der Waals surface area (Å²) >= 11 is 0. The van der Waals surface area contributed by atoms with Gasteiger partial charge in [0.2, 0.25) is 5.91 Å². The fourth-order valence-corrected chi connectivity index (χ4v) is 2.76. The lowest BCUT2D eigenvalue weighted by atomic mass is 10.0. The molecule has 0 unspecified atom stereocenters. The van der Waals surface area contributed by atoms with Gasteiger partial charge in [0, 0.05) is 37.6 Å². The third kappa shape index (κ3) is 6.57. The maximum atomic E-state index is 12.5. The molecule has 1 saturated heterocycles. The normalized spacial score (nSPS) is 18.2. The molecule has 1 aromatic heterocycles. The third-order valence-corrected chi connectivity index (χ3v) is 3.89. The predicted octanol–water partition coefficient (Wildman–Crippen LogP) is 3.00. The van der Waals surface area contributed by atoms with Gasteiger partial charge in [0.1, 0.15) is 5.60 Å². The lowest BCUT2D eigenvalue weighted by Crippen LogP contribution is -2.49. The van der Waals surface area contributed by atoms with Crippen molar-refractivity contribution in [1.29, 1.82) is 0 Å². The smallest absolute Gasteiger partial charge is 0.407 e. The molecule has 0 aromatic carbocycles. The number of rotatable bonds is 4. The van der Waals surface area contributed by atoms with Gasteiger partial charge in [-0.15, -0.1) is 0 Å². The van der Waals surface area contributed by atoms with Gasteiger partial charge < -0.3 is 15.0 Å². The summed E-state index contributed by atoms with van der Waals surface area (Å²) in [5, 5.41) is 2.78. The van der Waals surface area contributed by atoms with Crippen molar-refractivity contribution < 1.29 is 14.3 Å². The Balaban J connectivity index is 1.92. The molecular formula is C19H27N3O3. The van der Waals surface area contributed by atoms with Crippen LogP contribution < -0.4 is 5.32 Å². The highest BCUT2D eigenvalue weighted by Gasteiger charge is 2.26. The van der Waals surface area contributed by atoms with Gasteiger partial charge in [-0.3, -0.25) is 9.78 Å². The molecule has 0 spiro atoms. The quantitative estimate of drug-likeness (QED) is 0.852. The molecule has 0 saturated carbocycles. The topological polar surface area (TPSA) is 71.5 Å². The summed E-state index contributed by atoms with van der Waals surface area (Å²) in [6.45, 7) is 6.59. The molecule has 2 amide bonds. The van der Waals surface area contributed by atoms with Crippen molar-refractivity contribution in [2.24, 2.45) is 0 Å². The van der Waals surface area contributed by atoms with Gasteiger partial charge >= 0.3 is 6.09 Å². The number of likely N-dealkylation sites (tertiary alicyclic amines) is 1. The summed E-state index contributed by atoms with van der Waals surface area (Å²) in [6.07, 6.45) is 9.21. The summed E-state index contributed by atoms with van der Waals surface area (Å²) in [7, 11) is 0. The van der Waals surface area contributed by atoms with Crippen molar-refractivity contribution in [3.05, 3.63) is 36.2 Å². The Labute approximate surface area is 149 Å². The van der Waals surface area contributed by atoms with E-state index in [1.807, 2.05) is 37.8 Å². The molecule has 1 fully saturated rings. The molecule has 6 nitrogen and oxygen atoms in total. The van der Waals surface area contributed by atoms with Crippen molar-refractivity contribution in [2.45, 2.75) is 51.7 Å². The highest BCUT2D eigenvalue weighted by Crippen LogP contribution is 2.17. The summed E-state index contributed by atoms with van der Waals surface area (Å²) in [4.78, 5) is 30.2. The Kier molecular flexibility index (Phi) is 6.56. The molecular weight excluding hydrogens is 318 g/mol. The number of pyridine rings is 1. The minimum Gasteiger partial charge on any atom is -0.444 e. The van der Waals surface area contributed by atoms with Crippen LogP contribution in [0.4, 0.5) is 4.79 Å². The van der Waals surface area contributed by atoms with Gasteiger partial charge in [-0.05, 0) is 57.7 Å². The van der Waals surface area contributed by atoms with Gasteiger partial charge in [0.25, 0.3) is 0 Å². The number of hydrogen-bond acceptors (Lipinski definition) is 4. The number of aromatic nitrogens is 1. The summed E-state index contributed by atoms with van der Waals surface area (Å²) < 4.78 is 5.26. The molecule has 25 heavy (non-hydrogen) atoms. The minimum absolute atomic E-state index is 0.00711. The maximum Gasteiger partial charge on any atom is 0.407 e. The summed E-state index contributed by atoms with van der Waals surface area (Å²) in [6, 6.07) is 3.72. The van der Waals surface area contributed by atoms with Crippen LogP contribution in [0, 0.1) is 0 Å². The first-order chi connectivity index (χ1) is 11.8. The van der Waals surface area contributed by atoms with Crippen LogP contribution in [0.2, 0.25) is 0 Å². The third-order valence-electron chi connectivity index (χ3n) is 3.89. The van der Waals surface area contributed by atoms with E-state index in [1.165, 1.54) is 0 Å². The number of piperidine rings is 1. The fraction of sp³-hybridized carbons (Fsp3) is 0.526. The molecule has 0 radical (unpaired) electrons. The molecule has 0 aliphatic carbocycles. The molecule has 2 rings (SSSR count). The summed E-state index contributed by atoms with van der Waals surface area (Å²) in [5.41, 5.74) is 0.356. The minimum atomic E-state index is -0.529. The lowest BCUT2D eigenvalue weighted by molar-refractivity contribution is -0.129. The molecule has 6 heteroatoms. The Hall–Kier alpha value is -2.37. The molecule has 1 aromatic rings. The number of nitrogens with zero attached hydrogens (tertiary/aromatic N) is 2. The van der Waals surface area contributed by atoms with Crippen molar-refractivity contribution >= 4 is 18.1 Å². The molecule has 0 bridgehead atoms. The number of hydrogen-bond donors (Lipinski definition) is 1. The van der Waals surface area contributed by atoms with E-state index in [4.69, 9.17) is 4.74 Å². The molecule has 1 aliphatic rings. The van der Waals surface area contributed by atoms with E-state index < -0.39 is 11.7 Å². The second-order valence-electron chi connectivity index (χ2n) is 7.18. The Morgan fingerprint density at radius 3 is 2.88 bits per heavy atom. The largest absolute Gasteiger partial charge is 0.444 e. The van der Waals surface area contributed by atoms with Gasteiger partial charge in [0.05, 0.1) is 0 Å². The van der Waals surface area contributed by atoms with Gasteiger partial charge in [-0.1, -0.05) is 6.07 Å². The number of ether oxygens (including phenoxy) is 1. The fourth-order valence-electron chi connectivity index (χ4n) is 2.76. The lowest BCUT2D eigenvalue weighted by Gasteiger charge is -2.35. The predicted molar refractivity (Wildman–Crippen MR) is 96.9 cm³/mol.